The number of likely N-dealkylation sites (tertiary alicyclic amines) is 1. The molecule has 2 aromatic heterocycles. The number of hydrogen-bond donors (Lipinski definition) is 1. The molecule has 2 saturated heterocycles. The maximum atomic E-state index is 13.6. The van der Waals surface area contributed by atoms with Crippen molar-refractivity contribution in [3.63, 3.8) is 0 Å². The molecule has 0 radical (unpaired) electrons. The van der Waals surface area contributed by atoms with Crippen LogP contribution in [-0.2, 0) is 17.6 Å². The van der Waals surface area contributed by atoms with Crippen LogP contribution in [0.3, 0.4) is 0 Å². The molecule has 0 bridgehead atoms. The van der Waals surface area contributed by atoms with Crippen LogP contribution in [0.25, 0.3) is 16.9 Å². The number of anilines is 1. The smallest absolute Gasteiger partial charge is 0.274 e. The first-order chi connectivity index (χ1) is 18.1. The summed E-state index contributed by atoms with van der Waals surface area (Å²) in [5.74, 6) is 0.0532. The number of carbonyl (C=O) groups excluding carboxylic acids is 2. The van der Waals surface area contributed by atoms with Crippen LogP contribution in [0, 0.1) is 0 Å². The highest BCUT2D eigenvalue weighted by Gasteiger charge is 2.32. The Kier molecular flexibility index (Phi) is 6.84. The largest absolute Gasteiger partial charge is 0.335 e. The molecule has 37 heavy (non-hydrogen) atoms. The molecule has 0 unspecified atom stereocenters. The first kappa shape index (κ1) is 24.3. The Labute approximate surface area is 221 Å². The van der Waals surface area contributed by atoms with E-state index in [1.54, 1.807) is 11.3 Å². The minimum atomic E-state index is 0.0223. The number of benzene rings is 1. The van der Waals surface area contributed by atoms with Crippen LogP contribution >= 0.6 is 11.3 Å². The normalized spacial score (nSPS) is 18.4. The summed E-state index contributed by atoms with van der Waals surface area (Å²) >= 11 is 1.77. The fourth-order valence-electron chi connectivity index (χ4n) is 5.67. The molecule has 194 valence electrons. The van der Waals surface area contributed by atoms with E-state index in [0.29, 0.717) is 12.2 Å². The number of nitrogens with zero attached hydrogens (tertiary/aromatic N) is 5. The summed E-state index contributed by atoms with van der Waals surface area (Å²) < 4.78 is 1.93. The molecule has 1 aliphatic carbocycles. The number of piperidine rings is 1. The molecule has 2 amide bonds. The third kappa shape index (κ3) is 4.95. The summed E-state index contributed by atoms with van der Waals surface area (Å²) in [6.45, 7) is 5.65. The van der Waals surface area contributed by atoms with E-state index < -0.39 is 0 Å². The van der Waals surface area contributed by atoms with Crippen molar-refractivity contribution in [2.75, 3.05) is 58.2 Å². The highest BCUT2D eigenvalue weighted by molar-refractivity contribution is 7.10. The highest BCUT2D eigenvalue weighted by Crippen LogP contribution is 2.40. The zero-order valence-electron chi connectivity index (χ0n) is 21.4. The summed E-state index contributed by atoms with van der Waals surface area (Å²) in [5.41, 5.74) is 5.50. The number of rotatable bonds is 5. The number of piperazine rings is 1. The fraction of sp³-hybridized carbons (Fsp3) is 0.464. The second-order valence-corrected chi connectivity index (χ2v) is 11.4. The summed E-state index contributed by atoms with van der Waals surface area (Å²) in [4.78, 5) is 33.9. The molecule has 1 N–H and O–H groups in total. The van der Waals surface area contributed by atoms with Crippen molar-refractivity contribution in [2.45, 2.75) is 32.1 Å². The Morgan fingerprint density at radius 2 is 1.70 bits per heavy atom. The lowest BCUT2D eigenvalue weighted by molar-refractivity contribution is -0.117. The van der Waals surface area contributed by atoms with Crippen molar-refractivity contribution in [3.05, 3.63) is 51.8 Å². The molecule has 2 fully saturated rings. The lowest BCUT2D eigenvalue weighted by Crippen LogP contribution is -2.47. The van der Waals surface area contributed by atoms with Crippen LogP contribution in [-0.4, -0.2) is 89.2 Å². The zero-order valence-corrected chi connectivity index (χ0v) is 22.2. The zero-order chi connectivity index (χ0) is 25.4. The summed E-state index contributed by atoms with van der Waals surface area (Å²) in [6.07, 6.45) is 5.36. The molecule has 8 nitrogen and oxygen atoms in total. The molecule has 6 rings (SSSR count). The maximum absolute atomic E-state index is 13.6. The van der Waals surface area contributed by atoms with Gasteiger partial charge >= 0.3 is 0 Å². The molecule has 3 aliphatic rings. The monoisotopic (exact) mass is 518 g/mol. The van der Waals surface area contributed by atoms with Gasteiger partial charge < -0.3 is 15.1 Å². The van der Waals surface area contributed by atoms with E-state index in [9.17, 15) is 9.59 Å². The molecule has 0 spiro atoms. The van der Waals surface area contributed by atoms with Crippen molar-refractivity contribution in [1.29, 1.82) is 0 Å². The predicted molar refractivity (Wildman–Crippen MR) is 147 cm³/mol. The van der Waals surface area contributed by atoms with Crippen LogP contribution in [0.4, 0.5) is 5.69 Å². The number of fused-ring (bicyclic) bond motifs is 3. The van der Waals surface area contributed by atoms with Crippen LogP contribution in [0.1, 0.15) is 40.2 Å². The lowest BCUT2D eigenvalue weighted by atomic mass is 9.94. The van der Waals surface area contributed by atoms with Gasteiger partial charge in [0.15, 0.2) is 5.69 Å². The number of likely N-dealkylation sites (N-methyl/N-ethyl adjacent to an activating group) is 1. The second-order valence-electron chi connectivity index (χ2n) is 10.4. The fourth-order valence-corrected chi connectivity index (χ4v) is 6.55. The number of hydrogen-bond acceptors (Lipinski definition) is 6. The maximum Gasteiger partial charge on any atom is 0.274 e. The van der Waals surface area contributed by atoms with Crippen molar-refractivity contribution < 1.29 is 9.59 Å². The topological polar surface area (TPSA) is 73.7 Å². The van der Waals surface area contributed by atoms with Gasteiger partial charge in [-0.05, 0) is 81.5 Å². The number of carbonyl (C=O) groups is 2. The number of thiophene rings is 1. The average molecular weight is 519 g/mol. The molecule has 0 saturated carbocycles. The van der Waals surface area contributed by atoms with Gasteiger partial charge in [0.05, 0.1) is 17.9 Å². The second kappa shape index (κ2) is 10.4. The number of aromatic nitrogens is 2. The number of aryl methyl sites for hydroxylation is 1. The van der Waals surface area contributed by atoms with E-state index in [0.717, 1.165) is 74.7 Å². The summed E-state index contributed by atoms with van der Waals surface area (Å²) in [7, 11) is 2.09. The van der Waals surface area contributed by atoms with E-state index >= 15 is 0 Å². The molecule has 2 aliphatic heterocycles. The third-order valence-corrected chi connectivity index (χ3v) is 8.77. The Morgan fingerprint density at radius 3 is 2.46 bits per heavy atom. The van der Waals surface area contributed by atoms with Gasteiger partial charge in [0.2, 0.25) is 5.91 Å². The van der Waals surface area contributed by atoms with Crippen LogP contribution in [0.2, 0.25) is 0 Å². The van der Waals surface area contributed by atoms with Crippen molar-refractivity contribution in [1.82, 2.24) is 24.5 Å². The van der Waals surface area contributed by atoms with E-state index in [-0.39, 0.29) is 11.8 Å². The first-order valence-corrected chi connectivity index (χ1v) is 14.2. The van der Waals surface area contributed by atoms with Crippen molar-refractivity contribution in [3.8, 4) is 16.9 Å². The van der Waals surface area contributed by atoms with Crippen molar-refractivity contribution >= 4 is 28.8 Å². The van der Waals surface area contributed by atoms with E-state index in [4.69, 9.17) is 5.10 Å². The minimum Gasteiger partial charge on any atom is -0.335 e. The predicted octanol–water partition coefficient (Wildman–Crippen LogP) is 3.51. The Balaban J connectivity index is 1.26. The van der Waals surface area contributed by atoms with Gasteiger partial charge in [-0.15, -0.1) is 11.3 Å². The average Bonchev–Trinajstić information content (AvgIpc) is 3.54. The highest BCUT2D eigenvalue weighted by atomic mass is 32.1. The molecule has 4 heterocycles. The van der Waals surface area contributed by atoms with E-state index in [2.05, 4.69) is 33.6 Å². The van der Waals surface area contributed by atoms with Crippen molar-refractivity contribution in [2.24, 2.45) is 0 Å². The minimum absolute atomic E-state index is 0.0223. The summed E-state index contributed by atoms with van der Waals surface area (Å²) in [6, 6.07) is 9.96. The van der Waals surface area contributed by atoms with Crippen LogP contribution < -0.4 is 5.32 Å². The van der Waals surface area contributed by atoms with E-state index in [1.165, 1.54) is 29.7 Å². The van der Waals surface area contributed by atoms with E-state index in [1.807, 2.05) is 33.8 Å². The molecular weight excluding hydrogens is 484 g/mol. The number of amides is 2. The first-order valence-electron chi connectivity index (χ1n) is 13.4. The van der Waals surface area contributed by atoms with Crippen LogP contribution in [0.15, 0.2) is 35.7 Å². The van der Waals surface area contributed by atoms with Gasteiger partial charge in [-0.25, -0.2) is 4.68 Å². The van der Waals surface area contributed by atoms with Gasteiger partial charge in [-0.1, -0.05) is 6.42 Å². The van der Waals surface area contributed by atoms with Gasteiger partial charge in [0.1, 0.15) is 0 Å². The third-order valence-electron chi connectivity index (χ3n) is 7.79. The molecular formula is C28H34N6O2S. The van der Waals surface area contributed by atoms with Gasteiger partial charge in [0.25, 0.3) is 5.91 Å². The lowest BCUT2D eigenvalue weighted by Gasteiger charge is -2.32. The van der Waals surface area contributed by atoms with Gasteiger partial charge in [-0.2, -0.15) is 5.10 Å². The number of nitrogens with one attached hydrogen (secondary N) is 1. The van der Waals surface area contributed by atoms with Gasteiger partial charge in [-0.3, -0.25) is 14.5 Å². The molecule has 3 aromatic rings. The standard InChI is InChI=1S/C28H34N6O2S/c1-31-14-16-33(17-15-31)28(36)26-23-9-10-24-22(11-18-37-24)27(23)34(30-26)21-7-5-20(6-8-21)29-25(35)19-32-12-3-2-4-13-32/h5-8,11,18H,2-4,9-10,12-17,19H2,1H3,(H,29,35). The Hall–Kier alpha value is -3.01. The molecule has 9 heteroatoms. The Morgan fingerprint density at radius 1 is 0.946 bits per heavy atom. The van der Waals surface area contributed by atoms with Gasteiger partial charge in [0, 0.05) is 47.9 Å². The van der Waals surface area contributed by atoms with Crippen LogP contribution in [0.5, 0.6) is 0 Å². The molecule has 1 aromatic carbocycles. The SMILES string of the molecule is CN1CCN(C(=O)c2nn(-c3ccc(NC(=O)CN4CCCCC4)cc3)c3c2CCc2sccc2-3)CC1. The summed E-state index contributed by atoms with van der Waals surface area (Å²) in [5, 5.41) is 10.1. The Bertz CT molecular complexity index is 1280. The quantitative estimate of drug-likeness (QED) is 0.560. The molecule has 0 atom stereocenters.